The van der Waals surface area contributed by atoms with E-state index in [4.69, 9.17) is 0 Å². The van der Waals surface area contributed by atoms with E-state index in [-0.39, 0.29) is 17.9 Å². The van der Waals surface area contributed by atoms with Crippen molar-refractivity contribution in [2.75, 3.05) is 18.4 Å². The summed E-state index contributed by atoms with van der Waals surface area (Å²) < 4.78 is 0. The second kappa shape index (κ2) is 9.07. The number of carbonyl (C=O) groups is 2. The SMILES string of the molecule is O=C(NCc1ccccc1)c1cc(NC2CCN(C(=O)C3CCCC3)C2)ccn1. The third-order valence-corrected chi connectivity index (χ3v) is 5.86. The second-order valence-electron chi connectivity index (χ2n) is 7.99. The predicted octanol–water partition coefficient (Wildman–Crippen LogP) is 3.21. The van der Waals surface area contributed by atoms with Crippen LogP contribution in [-0.4, -0.2) is 40.8 Å². The van der Waals surface area contributed by atoms with Crippen LogP contribution >= 0.6 is 0 Å². The molecule has 152 valence electrons. The van der Waals surface area contributed by atoms with Crippen LogP contribution in [0.5, 0.6) is 0 Å². The summed E-state index contributed by atoms with van der Waals surface area (Å²) in [6.45, 7) is 2.01. The minimum atomic E-state index is -0.193. The van der Waals surface area contributed by atoms with Crippen molar-refractivity contribution < 1.29 is 9.59 Å². The number of hydrogen-bond acceptors (Lipinski definition) is 4. The lowest BCUT2D eigenvalue weighted by molar-refractivity contribution is -0.134. The Kier molecular flexibility index (Phi) is 6.08. The molecule has 2 heterocycles. The molecule has 2 N–H and O–H groups in total. The summed E-state index contributed by atoms with van der Waals surface area (Å²) in [5.74, 6) is 0.360. The molecule has 2 aromatic rings. The minimum Gasteiger partial charge on any atom is -0.380 e. The number of amides is 2. The molecule has 2 amide bonds. The maximum atomic E-state index is 12.6. The molecular weight excluding hydrogens is 364 g/mol. The first-order valence-corrected chi connectivity index (χ1v) is 10.5. The number of rotatable bonds is 6. The maximum Gasteiger partial charge on any atom is 0.270 e. The first-order valence-electron chi connectivity index (χ1n) is 10.5. The summed E-state index contributed by atoms with van der Waals surface area (Å²) in [6.07, 6.45) is 7.01. The van der Waals surface area contributed by atoms with Crippen molar-refractivity contribution in [2.45, 2.75) is 44.7 Å². The fraction of sp³-hybridized carbons (Fsp3) is 0.435. The number of likely N-dealkylation sites (tertiary alicyclic amines) is 1. The molecule has 0 spiro atoms. The molecule has 1 atom stereocenters. The van der Waals surface area contributed by atoms with Gasteiger partial charge in [0.25, 0.3) is 5.91 Å². The van der Waals surface area contributed by atoms with E-state index < -0.39 is 0 Å². The molecular formula is C23H28N4O2. The van der Waals surface area contributed by atoms with E-state index in [2.05, 4.69) is 15.6 Å². The van der Waals surface area contributed by atoms with Gasteiger partial charge in [0.15, 0.2) is 0 Å². The number of nitrogens with one attached hydrogen (secondary N) is 2. The molecule has 6 nitrogen and oxygen atoms in total. The van der Waals surface area contributed by atoms with Crippen LogP contribution in [-0.2, 0) is 11.3 Å². The largest absolute Gasteiger partial charge is 0.380 e. The normalized spacial score (nSPS) is 19.3. The van der Waals surface area contributed by atoms with E-state index in [1.54, 1.807) is 12.3 Å². The summed E-state index contributed by atoms with van der Waals surface area (Å²) in [4.78, 5) is 31.3. The summed E-state index contributed by atoms with van der Waals surface area (Å²) >= 11 is 0. The van der Waals surface area contributed by atoms with Crippen molar-refractivity contribution in [2.24, 2.45) is 5.92 Å². The third kappa shape index (κ3) is 4.94. The lowest BCUT2D eigenvalue weighted by atomic mass is 10.1. The fourth-order valence-corrected chi connectivity index (χ4v) is 4.26. The monoisotopic (exact) mass is 392 g/mol. The van der Waals surface area contributed by atoms with E-state index in [0.29, 0.717) is 18.1 Å². The highest BCUT2D eigenvalue weighted by Gasteiger charge is 2.32. The number of benzene rings is 1. The van der Waals surface area contributed by atoms with Crippen molar-refractivity contribution >= 4 is 17.5 Å². The zero-order valence-electron chi connectivity index (χ0n) is 16.6. The number of aromatic nitrogens is 1. The number of nitrogens with zero attached hydrogens (tertiary/aromatic N) is 2. The Labute approximate surface area is 171 Å². The van der Waals surface area contributed by atoms with Gasteiger partial charge in [-0.1, -0.05) is 43.2 Å². The van der Waals surface area contributed by atoms with Crippen molar-refractivity contribution in [3.63, 3.8) is 0 Å². The van der Waals surface area contributed by atoms with E-state index in [0.717, 1.165) is 43.6 Å². The van der Waals surface area contributed by atoms with Crippen molar-refractivity contribution in [1.82, 2.24) is 15.2 Å². The lowest BCUT2D eigenvalue weighted by Gasteiger charge is -2.21. The van der Waals surface area contributed by atoms with Gasteiger partial charge in [-0.15, -0.1) is 0 Å². The number of hydrogen-bond donors (Lipinski definition) is 2. The Morgan fingerprint density at radius 3 is 2.66 bits per heavy atom. The van der Waals surface area contributed by atoms with Gasteiger partial charge in [0.1, 0.15) is 5.69 Å². The molecule has 1 aliphatic carbocycles. The standard InChI is InChI=1S/C23H28N4O2/c28-22(25-15-17-6-2-1-3-7-17)21-14-19(10-12-24-21)26-20-11-13-27(16-20)23(29)18-8-4-5-9-18/h1-3,6-7,10,12,14,18,20H,4-5,8-9,11,13,15-16H2,(H,24,26)(H,25,28). The van der Waals surface area contributed by atoms with Crippen LogP contribution in [0.1, 0.15) is 48.2 Å². The molecule has 1 aromatic carbocycles. The topological polar surface area (TPSA) is 74.3 Å². The van der Waals surface area contributed by atoms with Crippen molar-refractivity contribution in [3.8, 4) is 0 Å². The van der Waals surface area contributed by atoms with Gasteiger partial charge in [-0.05, 0) is 37.0 Å². The van der Waals surface area contributed by atoms with Crippen LogP contribution < -0.4 is 10.6 Å². The Morgan fingerprint density at radius 1 is 1.07 bits per heavy atom. The van der Waals surface area contributed by atoms with Gasteiger partial charge in [0.05, 0.1) is 0 Å². The van der Waals surface area contributed by atoms with Crippen LogP contribution in [0.25, 0.3) is 0 Å². The minimum absolute atomic E-state index is 0.193. The van der Waals surface area contributed by atoms with Crippen molar-refractivity contribution in [1.29, 1.82) is 0 Å². The highest BCUT2D eigenvalue weighted by Crippen LogP contribution is 2.28. The molecule has 0 radical (unpaired) electrons. The highest BCUT2D eigenvalue weighted by atomic mass is 16.2. The number of carbonyl (C=O) groups excluding carboxylic acids is 2. The maximum absolute atomic E-state index is 12.6. The van der Waals surface area contributed by atoms with E-state index in [1.807, 2.05) is 41.3 Å². The molecule has 4 rings (SSSR count). The van der Waals surface area contributed by atoms with Crippen LogP contribution in [0.15, 0.2) is 48.7 Å². The average Bonchev–Trinajstić information content (AvgIpc) is 3.45. The molecule has 1 saturated carbocycles. The van der Waals surface area contributed by atoms with E-state index in [1.165, 1.54) is 12.8 Å². The molecule has 1 saturated heterocycles. The van der Waals surface area contributed by atoms with E-state index >= 15 is 0 Å². The van der Waals surface area contributed by atoms with Gasteiger partial charge in [-0.25, -0.2) is 0 Å². The van der Waals surface area contributed by atoms with E-state index in [9.17, 15) is 9.59 Å². The summed E-state index contributed by atoms with van der Waals surface area (Å²) in [5.41, 5.74) is 2.31. The summed E-state index contributed by atoms with van der Waals surface area (Å²) in [5, 5.41) is 6.38. The smallest absolute Gasteiger partial charge is 0.270 e. The fourth-order valence-electron chi connectivity index (χ4n) is 4.26. The lowest BCUT2D eigenvalue weighted by Crippen LogP contribution is -2.35. The zero-order valence-corrected chi connectivity index (χ0v) is 16.6. The molecule has 1 unspecified atom stereocenters. The van der Waals surface area contributed by atoms with Gasteiger partial charge < -0.3 is 15.5 Å². The molecule has 1 aliphatic heterocycles. The molecule has 1 aromatic heterocycles. The van der Waals surface area contributed by atoms with Crippen molar-refractivity contribution in [3.05, 3.63) is 59.9 Å². The molecule has 2 fully saturated rings. The van der Waals surface area contributed by atoms with Gasteiger partial charge in [-0.2, -0.15) is 0 Å². The first kappa shape index (κ1) is 19.4. The molecule has 6 heteroatoms. The summed E-state index contributed by atoms with van der Waals surface area (Å²) in [7, 11) is 0. The Bertz CT molecular complexity index is 849. The van der Waals surface area contributed by atoms with Crippen LogP contribution in [0, 0.1) is 5.92 Å². The average molecular weight is 393 g/mol. The van der Waals surface area contributed by atoms with Gasteiger partial charge in [0.2, 0.25) is 5.91 Å². The predicted molar refractivity (Wildman–Crippen MR) is 112 cm³/mol. The van der Waals surface area contributed by atoms with Crippen LogP contribution in [0.2, 0.25) is 0 Å². The van der Waals surface area contributed by atoms with Crippen LogP contribution in [0.4, 0.5) is 5.69 Å². The highest BCUT2D eigenvalue weighted by molar-refractivity contribution is 5.93. The third-order valence-electron chi connectivity index (χ3n) is 5.86. The molecule has 29 heavy (non-hydrogen) atoms. The van der Waals surface area contributed by atoms with Crippen LogP contribution in [0.3, 0.4) is 0 Å². The van der Waals surface area contributed by atoms with Gasteiger partial charge in [0, 0.05) is 43.5 Å². The quantitative estimate of drug-likeness (QED) is 0.792. The Balaban J connectivity index is 1.30. The van der Waals surface area contributed by atoms with Gasteiger partial charge in [-0.3, -0.25) is 14.6 Å². The Morgan fingerprint density at radius 2 is 1.86 bits per heavy atom. The number of pyridine rings is 1. The summed E-state index contributed by atoms with van der Waals surface area (Å²) in [6, 6.07) is 13.7. The second-order valence-corrected chi connectivity index (χ2v) is 7.99. The zero-order chi connectivity index (χ0) is 20.1. The molecule has 2 aliphatic rings. The first-order chi connectivity index (χ1) is 14.2. The Hall–Kier alpha value is -2.89. The number of anilines is 1. The molecule has 0 bridgehead atoms. The van der Waals surface area contributed by atoms with Gasteiger partial charge >= 0.3 is 0 Å².